The molecular weight excluding hydrogens is 442 g/mol. The summed E-state index contributed by atoms with van der Waals surface area (Å²) in [7, 11) is 0. The lowest BCUT2D eigenvalue weighted by molar-refractivity contribution is -0.137. The molecule has 0 fully saturated rings. The van der Waals surface area contributed by atoms with Gasteiger partial charge in [-0.25, -0.2) is 0 Å². The quantitative estimate of drug-likeness (QED) is 0.319. The lowest BCUT2D eigenvalue weighted by atomic mass is 9.87. The molecule has 1 aromatic heterocycles. The first-order valence-electron chi connectivity index (χ1n) is 11.9. The first-order chi connectivity index (χ1) is 17.0. The molecule has 0 spiro atoms. The number of amides is 1. The predicted octanol–water partition coefficient (Wildman–Crippen LogP) is 5.80. The molecule has 3 aromatic carbocycles. The highest BCUT2D eigenvalue weighted by molar-refractivity contribution is 5.86. The molecule has 178 valence electrons. The third kappa shape index (κ3) is 5.38. The van der Waals surface area contributed by atoms with Crippen molar-refractivity contribution >= 4 is 33.6 Å². The van der Waals surface area contributed by atoms with Gasteiger partial charge in [0.05, 0.1) is 12.7 Å². The lowest BCUT2D eigenvalue weighted by Gasteiger charge is -2.18. The number of carbonyl (C=O) groups excluding carboxylic acids is 1. The van der Waals surface area contributed by atoms with Crippen molar-refractivity contribution in [2.24, 2.45) is 0 Å². The van der Waals surface area contributed by atoms with Crippen LogP contribution in [0.5, 0.6) is 5.75 Å². The maximum Gasteiger partial charge on any atom is 0.304 e. The van der Waals surface area contributed by atoms with E-state index in [1.807, 2.05) is 66.7 Å². The van der Waals surface area contributed by atoms with E-state index >= 15 is 0 Å². The molecule has 0 aliphatic heterocycles. The zero-order valence-corrected chi connectivity index (χ0v) is 19.3. The summed E-state index contributed by atoms with van der Waals surface area (Å²) < 4.78 is 11.2. The number of carboxylic acid groups (broad SMARTS) is 1. The number of hydrogen-bond donors (Lipinski definition) is 2. The number of hydrogen-bond acceptors (Lipinski definition) is 4. The van der Waals surface area contributed by atoms with Crippen molar-refractivity contribution in [1.29, 1.82) is 0 Å². The third-order valence-electron chi connectivity index (χ3n) is 6.47. The van der Waals surface area contributed by atoms with E-state index in [-0.39, 0.29) is 30.9 Å². The molecule has 2 unspecified atom stereocenters. The fourth-order valence-corrected chi connectivity index (χ4v) is 4.68. The monoisotopic (exact) mass is 469 g/mol. The Hall–Kier alpha value is -4.06. The number of fused-ring (bicyclic) bond motifs is 2. The summed E-state index contributed by atoms with van der Waals surface area (Å²) in [5.74, 6) is -0.724. The van der Waals surface area contributed by atoms with Gasteiger partial charge in [-0.15, -0.1) is 0 Å². The van der Waals surface area contributed by atoms with Crippen molar-refractivity contribution < 1.29 is 23.8 Å². The maximum atomic E-state index is 12.3. The number of benzene rings is 3. The minimum Gasteiger partial charge on any atom is -0.484 e. The number of carbonyl (C=O) groups is 2. The van der Waals surface area contributed by atoms with Gasteiger partial charge >= 0.3 is 5.97 Å². The Morgan fingerprint density at radius 1 is 1.00 bits per heavy atom. The molecule has 0 saturated heterocycles. The number of ether oxygens (including phenoxy) is 1. The number of furan rings is 1. The van der Waals surface area contributed by atoms with Gasteiger partial charge in [0.25, 0.3) is 5.91 Å². The van der Waals surface area contributed by atoms with E-state index in [0.717, 1.165) is 52.1 Å². The van der Waals surface area contributed by atoms with Crippen LogP contribution in [-0.4, -0.2) is 29.6 Å². The van der Waals surface area contributed by atoms with Crippen LogP contribution < -0.4 is 10.1 Å². The molecule has 5 rings (SSSR count). The van der Waals surface area contributed by atoms with E-state index < -0.39 is 5.97 Å². The Balaban J connectivity index is 1.36. The average Bonchev–Trinajstić information content (AvgIpc) is 3.34. The van der Waals surface area contributed by atoms with Crippen molar-refractivity contribution in [1.82, 2.24) is 5.32 Å². The molecule has 0 bridgehead atoms. The highest BCUT2D eigenvalue weighted by Gasteiger charge is 2.19. The Morgan fingerprint density at radius 3 is 2.60 bits per heavy atom. The van der Waals surface area contributed by atoms with Gasteiger partial charge in [-0.05, 0) is 71.5 Å². The first kappa shape index (κ1) is 22.7. The Kier molecular flexibility index (Phi) is 6.53. The van der Waals surface area contributed by atoms with E-state index in [0.29, 0.717) is 5.75 Å². The fourth-order valence-electron chi connectivity index (χ4n) is 4.68. The summed E-state index contributed by atoms with van der Waals surface area (Å²) in [6.45, 7) is -0.0537. The second-order valence-corrected chi connectivity index (χ2v) is 8.96. The topological polar surface area (TPSA) is 88.8 Å². The van der Waals surface area contributed by atoms with E-state index in [9.17, 15) is 14.7 Å². The van der Waals surface area contributed by atoms with Gasteiger partial charge in [0.2, 0.25) is 0 Å². The summed E-state index contributed by atoms with van der Waals surface area (Å²) in [5, 5.41) is 15.5. The molecule has 1 heterocycles. The van der Waals surface area contributed by atoms with Gasteiger partial charge in [-0.2, -0.15) is 0 Å². The second kappa shape index (κ2) is 10.1. The smallest absolute Gasteiger partial charge is 0.304 e. The predicted molar refractivity (Wildman–Crippen MR) is 135 cm³/mol. The van der Waals surface area contributed by atoms with Crippen molar-refractivity contribution in [2.45, 2.75) is 37.6 Å². The molecule has 1 aliphatic rings. The van der Waals surface area contributed by atoms with Crippen LogP contribution in [0.1, 0.15) is 42.7 Å². The first-order valence-corrected chi connectivity index (χ1v) is 11.9. The Morgan fingerprint density at radius 2 is 1.80 bits per heavy atom. The molecule has 1 aliphatic carbocycles. The van der Waals surface area contributed by atoms with E-state index in [4.69, 9.17) is 9.15 Å². The number of rotatable bonds is 8. The van der Waals surface area contributed by atoms with Crippen LogP contribution in [-0.2, 0) is 9.59 Å². The normalized spacial score (nSPS) is 16.3. The zero-order valence-electron chi connectivity index (χ0n) is 19.3. The average molecular weight is 470 g/mol. The van der Waals surface area contributed by atoms with Crippen LogP contribution in [0.15, 0.2) is 83.5 Å². The van der Waals surface area contributed by atoms with Crippen molar-refractivity contribution in [2.75, 3.05) is 6.61 Å². The van der Waals surface area contributed by atoms with Crippen LogP contribution in [0.4, 0.5) is 0 Å². The van der Waals surface area contributed by atoms with Gasteiger partial charge in [-0.3, -0.25) is 9.59 Å². The molecular formula is C29H27NO5. The van der Waals surface area contributed by atoms with Gasteiger partial charge in [0.1, 0.15) is 11.3 Å². The molecule has 2 N–H and O–H groups in total. The highest BCUT2D eigenvalue weighted by atomic mass is 16.5. The minimum atomic E-state index is -0.863. The summed E-state index contributed by atoms with van der Waals surface area (Å²) in [6, 6.07) is 19.4. The minimum absolute atomic E-state index is 0.0269. The zero-order chi connectivity index (χ0) is 24.2. The molecule has 0 saturated carbocycles. The molecule has 0 radical (unpaired) electrons. The summed E-state index contributed by atoms with van der Waals surface area (Å²) >= 11 is 0. The fraction of sp³-hybridized carbons (Fsp3) is 0.241. The maximum absolute atomic E-state index is 12.3. The van der Waals surface area contributed by atoms with Gasteiger partial charge in [-0.1, -0.05) is 42.5 Å². The standard InChI is InChI=1S/C29H27NO5/c31-28(30-24-4-2-1-3-5-24)18-35-25-10-8-19-6-7-20(15-23(19)16-25)26(17-29(32)33)21-9-11-27-22(14-21)12-13-34-27/h2,4,6-16,24,26H,1,3,5,17-18H2,(H,30,31)(H,32,33). The molecule has 6 nitrogen and oxygen atoms in total. The third-order valence-corrected chi connectivity index (χ3v) is 6.47. The molecule has 1 amide bonds. The molecule has 6 heteroatoms. The van der Waals surface area contributed by atoms with Gasteiger partial charge < -0.3 is 19.6 Å². The van der Waals surface area contributed by atoms with Crippen molar-refractivity contribution in [3.05, 3.63) is 90.2 Å². The lowest BCUT2D eigenvalue weighted by Crippen LogP contribution is -2.37. The summed E-state index contributed by atoms with van der Waals surface area (Å²) in [4.78, 5) is 24.0. The number of carboxylic acids is 1. The highest BCUT2D eigenvalue weighted by Crippen LogP contribution is 2.33. The van der Waals surface area contributed by atoms with Crippen LogP contribution in [0.25, 0.3) is 21.7 Å². The van der Waals surface area contributed by atoms with E-state index in [1.165, 1.54) is 0 Å². The van der Waals surface area contributed by atoms with Crippen LogP contribution in [0.3, 0.4) is 0 Å². The number of allylic oxidation sites excluding steroid dienone is 1. The SMILES string of the molecule is O=C(O)CC(c1ccc2ccc(OCC(=O)NC3C=CCCC3)cc2c1)c1ccc2occc2c1. The summed E-state index contributed by atoms with van der Waals surface area (Å²) in [5.41, 5.74) is 2.59. The Labute approximate surface area is 203 Å². The molecule has 2 atom stereocenters. The summed E-state index contributed by atoms with van der Waals surface area (Å²) in [6.07, 6.45) is 8.83. The number of nitrogens with one attached hydrogen (secondary N) is 1. The Bertz CT molecular complexity index is 1400. The van der Waals surface area contributed by atoms with Crippen LogP contribution >= 0.6 is 0 Å². The van der Waals surface area contributed by atoms with Crippen molar-refractivity contribution in [3.63, 3.8) is 0 Å². The second-order valence-electron chi connectivity index (χ2n) is 8.96. The van der Waals surface area contributed by atoms with Crippen molar-refractivity contribution in [3.8, 4) is 5.75 Å². The molecule has 4 aromatic rings. The van der Waals surface area contributed by atoms with Gasteiger partial charge in [0.15, 0.2) is 6.61 Å². The molecule has 35 heavy (non-hydrogen) atoms. The largest absolute Gasteiger partial charge is 0.484 e. The van der Waals surface area contributed by atoms with Crippen LogP contribution in [0, 0.1) is 0 Å². The van der Waals surface area contributed by atoms with E-state index in [1.54, 1.807) is 6.26 Å². The number of aliphatic carboxylic acids is 1. The van der Waals surface area contributed by atoms with Crippen LogP contribution in [0.2, 0.25) is 0 Å². The van der Waals surface area contributed by atoms with E-state index in [2.05, 4.69) is 11.4 Å². The van der Waals surface area contributed by atoms with Gasteiger partial charge in [0, 0.05) is 17.3 Å².